The average molecular weight is 498 g/mol. The van der Waals surface area contributed by atoms with Crippen LogP contribution in [0.15, 0.2) is 72.8 Å². The maximum absolute atomic E-state index is 13.5. The third-order valence-corrected chi connectivity index (χ3v) is 6.25. The monoisotopic (exact) mass is 497 g/mol. The van der Waals surface area contributed by atoms with Gasteiger partial charge in [0.25, 0.3) is 5.91 Å². The number of benzene rings is 3. The minimum absolute atomic E-state index is 0.154. The van der Waals surface area contributed by atoms with Crippen molar-refractivity contribution in [3.8, 4) is 5.75 Å². The number of para-hydroxylation sites is 2. The Balaban J connectivity index is 1.63. The molecule has 1 fully saturated rings. The van der Waals surface area contributed by atoms with Crippen molar-refractivity contribution < 1.29 is 18.7 Å². The van der Waals surface area contributed by atoms with Crippen molar-refractivity contribution in [2.75, 3.05) is 17.3 Å². The summed E-state index contributed by atoms with van der Waals surface area (Å²) in [5.41, 5.74) is 1.68. The molecule has 0 spiro atoms. The number of ether oxygens (including phenoxy) is 1. The molecule has 2 amide bonds. The normalized spacial score (nSPS) is 15.6. The van der Waals surface area contributed by atoms with Gasteiger partial charge in [-0.3, -0.25) is 14.5 Å². The van der Waals surface area contributed by atoms with E-state index in [2.05, 4.69) is 5.32 Å². The number of hydrogen-bond donors (Lipinski definition) is 1. The highest BCUT2D eigenvalue weighted by Crippen LogP contribution is 2.31. The first-order valence-electron chi connectivity index (χ1n) is 10.5. The topological polar surface area (TPSA) is 61.9 Å². The number of nitrogens with one attached hydrogen (secondary N) is 1. The Labute approximate surface area is 206 Å². The number of methoxy groups -OCH3 is 1. The number of thiocarbonyl (C=S) groups is 1. The van der Waals surface area contributed by atoms with Gasteiger partial charge in [-0.15, -0.1) is 0 Å². The van der Waals surface area contributed by atoms with Gasteiger partial charge in [0.2, 0.25) is 5.91 Å². The molecule has 0 aliphatic carbocycles. The van der Waals surface area contributed by atoms with Crippen LogP contribution in [-0.2, 0) is 16.1 Å². The first-order valence-corrected chi connectivity index (χ1v) is 11.2. The molecule has 0 aromatic heterocycles. The van der Waals surface area contributed by atoms with Gasteiger partial charge in [-0.25, -0.2) is 4.39 Å². The molecule has 3 aromatic carbocycles. The molecular weight excluding hydrogens is 477 g/mol. The quantitative estimate of drug-likeness (QED) is 0.464. The van der Waals surface area contributed by atoms with Crippen molar-refractivity contribution >= 4 is 52.1 Å². The number of anilines is 2. The fraction of sp³-hybridized carbons (Fsp3) is 0.160. The van der Waals surface area contributed by atoms with Crippen LogP contribution in [0.5, 0.6) is 5.75 Å². The van der Waals surface area contributed by atoms with E-state index in [0.717, 1.165) is 5.56 Å². The summed E-state index contributed by atoms with van der Waals surface area (Å²) >= 11 is 12.0. The van der Waals surface area contributed by atoms with Crippen LogP contribution in [0, 0.1) is 5.82 Å². The highest BCUT2D eigenvalue weighted by atomic mass is 35.5. The Morgan fingerprint density at radius 1 is 1.09 bits per heavy atom. The molecule has 1 N–H and O–H groups in total. The Bertz CT molecular complexity index is 1240. The van der Waals surface area contributed by atoms with Gasteiger partial charge in [-0.2, -0.15) is 0 Å². The number of carbonyl (C=O) groups excluding carboxylic acids is 2. The van der Waals surface area contributed by atoms with Crippen LogP contribution in [0.2, 0.25) is 5.02 Å². The molecule has 9 heteroatoms. The highest BCUT2D eigenvalue weighted by Gasteiger charge is 2.44. The van der Waals surface area contributed by atoms with Gasteiger partial charge in [0, 0.05) is 11.6 Å². The number of amides is 2. The summed E-state index contributed by atoms with van der Waals surface area (Å²) in [7, 11) is 1.51. The first kappa shape index (κ1) is 23.7. The molecule has 1 atom stereocenters. The van der Waals surface area contributed by atoms with Crippen molar-refractivity contribution in [3.63, 3.8) is 0 Å². The number of carbonyl (C=O) groups is 2. The molecule has 0 saturated carbocycles. The number of hydrogen-bond acceptors (Lipinski definition) is 4. The van der Waals surface area contributed by atoms with E-state index in [4.69, 9.17) is 28.6 Å². The number of rotatable bonds is 7. The van der Waals surface area contributed by atoms with Crippen LogP contribution in [0.3, 0.4) is 0 Å². The zero-order valence-corrected chi connectivity index (χ0v) is 19.8. The highest BCUT2D eigenvalue weighted by molar-refractivity contribution is 7.80. The SMILES string of the molecule is COc1ccccc1NC(=O)C[C@@H]1C(=O)N(c2ccc(F)cc2)C(=S)N1Cc1ccccc1Cl. The lowest BCUT2D eigenvalue weighted by atomic mass is 10.1. The Morgan fingerprint density at radius 2 is 1.76 bits per heavy atom. The number of nitrogens with zero attached hydrogens (tertiary/aromatic N) is 2. The molecule has 3 aromatic rings. The van der Waals surface area contributed by atoms with Gasteiger partial charge >= 0.3 is 0 Å². The molecule has 0 bridgehead atoms. The van der Waals surface area contributed by atoms with E-state index in [1.54, 1.807) is 35.2 Å². The number of halogens is 2. The zero-order chi connectivity index (χ0) is 24.2. The fourth-order valence-corrected chi connectivity index (χ4v) is 4.36. The summed E-state index contributed by atoms with van der Waals surface area (Å²) < 4.78 is 18.8. The molecule has 1 aliphatic rings. The van der Waals surface area contributed by atoms with Crippen LogP contribution in [-0.4, -0.2) is 35.0 Å². The second-order valence-corrected chi connectivity index (χ2v) is 8.39. The zero-order valence-electron chi connectivity index (χ0n) is 18.2. The molecule has 4 rings (SSSR count). The lowest BCUT2D eigenvalue weighted by Gasteiger charge is -2.24. The van der Waals surface area contributed by atoms with Gasteiger partial charge in [-0.05, 0) is 60.2 Å². The largest absolute Gasteiger partial charge is 0.495 e. The lowest BCUT2D eigenvalue weighted by molar-refractivity contribution is -0.124. The predicted molar refractivity (Wildman–Crippen MR) is 134 cm³/mol. The summed E-state index contributed by atoms with van der Waals surface area (Å²) in [5, 5.41) is 3.54. The maximum atomic E-state index is 13.5. The summed E-state index contributed by atoms with van der Waals surface area (Å²) in [4.78, 5) is 29.4. The second-order valence-electron chi connectivity index (χ2n) is 7.62. The molecule has 6 nitrogen and oxygen atoms in total. The first-order chi connectivity index (χ1) is 16.4. The Morgan fingerprint density at radius 3 is 2.47 bits per heavy atom. The van der Waals surface area contributed by atoms with E-state index in [1.807, 2.05) is 18.2 Å². The molecule has 34 heavy (non-hydrogen) atoms. The summed E-state index contributed by atoms with van der Waals surface area (Å²) in [5.74, 6) is -0.679. The van der Waals surface area contributed by atoms with E-state index in [9.17, 15) is 14.0 Å². The Kier molecular flexibility index (Phi) is 7.09. The third-order valence-electron chi connectivity index (χ3n) is 5.46. The summed E-state index contributed by atoms with van der Waals surface area (Å²) in [6.07, 6.45) is -0.154. The van der Waals surface area contributed by atoms with Gasteiger partial charge < -0.3 is 15.0 Å². The molecular formula is C25H21ClFN3O3S. The van der Waals surface area contributed by atoms with E-state index in [-0.39, 0.29) is 29.9 Å². The predicted octanol–water partition coefficient (Wildman–Crippen LogP) is 5.02. The molecule has 1 aliphatic heterocycles. The van der Waals surface area contributed by atoms with E-state index in [1.165, 1.54) is 36.3 Å². The van der Waals surface area contributed by atoms with Crippen LogP contribution < -0.4 is 15.0 Å². The fourth-order valence-electron chi connectivity index (χ4n) is 3.78. The molecule has 0 radical (unpaired) electrons. The van der Waals surface area contributed by atoms with Crippen LogP contribution in [0.25, 0.3) is 0 Å². The van der Waals surface area contributed by atoms with Gasteiger partial charge in [0.05, 0.1) is 24.9 Å². The standard InChI is InChI=1S/C25H21ClFN3O3S/c1-33-22-9-5-4-8-20(22)28-23(31)14-21-24(32)30(18-12-10-17(27)11-13-18)25(34)29(21)15-16-6-2-3-7-19(16)26/h2-13,21H,14-15H2,1H3,(H,28,31)/t21-/m1/s1. The van der Waals surface area contributed by atoms with E-state index < -0.39 is 11.9 Å². The third kappa shape index (κ3) is 4.88. The van der Waals surface area contributed by atoms with Crippen molar-refractivity contribution in [1.29, 1.82) is 0 Å². The van der Waals surface area contributed by atoms with Gasteiger partial charge in [0.15, 0.2) is 5.11 Å². The summed E-state index contributed by atoms with van der Waals surface area (Å²) in [6.45, 7) is 0.231. The van der Waals surface area contributed by atoms with Crippen molar-refractivity contribution in [3.05, 3.63) is 89.2 Å². The van der Waals surface area contributed by atoms with Crippen molar-refractivity contribution in [1.82, 2.24) is 4.90 Å². The van der Waals surface area contributed by atoms with Crippen molar-refractivity contribution in [2.24, 2.45) is 0 Å². The smallest absolute Gasteiger partial charge is 0.256 e. The van der Waals surface area contributed by atoms with Crippen LogP contribution in [0.4, 0.5) is 15.8 Å². The molecule has 1 heterocycles. The second kappa shape index (κ2) is 10.2. The van der Waals surface area contributed by atoms with E-state index >= 15 is 0 Å². The van der Waals surface area contributed by atoms with Crippen molar-refractivity contribution in [2.45, 2.75) is 19.0 Å². The van der Waals surface area contributed by atoms with E-state index in [0.29, 0.717) is 22.1 Å². The maximum Gasteiger partial charge on any atom is 0.256 e. The Hall–Kier alpha value is -3.49. The molecule has 1 saturated heterocycles. The summed E-state index contributed by atoms with van der Waals surface area (Å²) in [6, 6.07) is 18.8. The van der Waals surface area contributed by atoms with Gasteiger partial charge in [-0.1, -0.05) is 41.9 Å². The molecule has 174 valence electrons. The lowest BCUT2D eigenvalue weighted by Crippen LogP contribution is -2.37. The molecule has 0 unspecified atom stereocenters. The average Bonchev–Trinajstić information content (AvgIpc) is 3.05. The van der Waals surface area contributed by atoms with Crippen LogP contribution >= 0.6 is 23.8 Å². The minimum atomic E-state index is -0.872. The minimum Gasteiger partial charge on any atom is -0.495 e. The van der Waals surface area contributed by atoms with Gasteiger partial charge in [0.1, 0.15) is 17.6 Å². The van der Waals surface area contributed by atoms with Crippen LogP contribution in [0.1, 0.15) is 12.0 Å².